The minimum atomic E-state index is -4.63. The molecule has 0 spiro atoms. The molecule has 0 saturated heterocycles. The molecule has 0 atom stereocenters. The van der Waals surface area contributed by atoms with Gasteiger partial charge >= 0.3 is 0 Å². The molecule has 0 amide bonds. The molecule has 1 N–H and O–H groups in total. The zero-order valence-corrected chi connectivity index (χ0v) is 18.4. The quantitative estimate of drug-likeness (QED) is 0.406. The second-order valence-corrected chi connectivity index (χ2v) is 9.59. The first-order chi connectivity index (χ1) is 14.3. The Bertz CT molecular complexity index is 1420. The van der Waals surface area contributed by atoms with E-state index in [4.69, 9.17) is 27.8 Å². The summed E-state index contributed by atoms with van der Waals surface area (Å²) in [7, 11) is -9.24. The molecule has 1 aromatic heterocycles. The summed E-state index contributed by atoms with van der Waals surface area (Å²) in [6, 6.07) is 6.46. The summed E-state index contributed by atoms with van der Waals surface area (Å²) in [4.78, 5) is -1.08. The second-order valence-electron chi connectivity index (χ2n) is 6.01. The fraction of sp³-hybridized carbons (Fsp3) is 0.0625. The van der Waals surface area contributed by atoms with Crippen molar-refractivity contribution in [1.82, 2.24) is 9.78 Å². The predicted molar refractivity (Wildman–Crippen MR) is 106 cm³/mol. The Hall–Kier alpha value is -2.55. The normalized spacial score (nSPS) is 12.5. The van der Waals surface area contributed by atoms with E-state index in [-0.39, 0.29) is 32.8 Å². The summed E-state index contributed by atoms with van der Waals surface area (Å²) < 4.78 is 65.5. The first-order valence-electron chi connectivity index (χ1n) is 8.00. The van der Waals surface area contributed by atoms with Crippen LogP contribution in [0.4, 0.5) is 11.4 Å². The van der Waals surface area contributed by atoms with Crippen LogP contribution in [0.5, 0.6) is 5.88 Å². The Kier molecular flexibility index (Phi) is 6.10. The summed E-state index contributed by atoms with van der Waals surface area (Å²) in [5, 5.41) is 23.7. The van der Waals surface area contributed by atoms with Crippen LogP contribution in [0.25, 0.3) is 5.69 Å². The molecule has 0 unspecified atom stereocenters. The first-order valence-corrected chi connectivity index (χ1v) is 11.6. The summed E-state index contributed by atoms with van der Waals surface area (Å²) in [5.41, 5.74) is 0.0845. The van der Waals surface area contributed by atoms with Crippen molar-refractivity contribution in [3.8, 4) is 11.6 Å². The van der Waals surface area contributed by atoms with E-state index in [1.54, 1.807) is 0 Å². The highest BCUT2D eigenvalue weighted by Gasteiger charge is 2.20. The minimum absolute atomic E-state index is 0.0568. The van der Waals surface area contributed by atoms with Crippen LogP contribution in [0, 0.1) is 6.92 Å². The standard InChI is InChI=1S/C16H12Cl2N4O7S2/c1-8-15(20-19-9-2-4-10(5-3-9)30(24,25)26)16(23)22(21-8)13-6-12(18)14(7-11(13)17)31(27,28)29/h2-7,23H,1H3,(H,24,25,26)(H,27,28,29)/p-2. The van der Waals surface area contributed by atoms with Gasteiger partial charge in [-0.1, -0.05) is 23.2 Å². The highest BCUT2D eigenvalue weighted by Crippen LogP contribution is 2.36. The summed E-state index contributed by atoms with van der Waals surface area (Å²) in [6.45, 7) is 1.46. The molecular formula is C16H10Cl2N4O7S2-2. The molecule has 3 rings (SSSR count). The van der Waals surface area contributed by atoms with Gasteiger partial charge in [-0.25, -0.2) is 13.1 Å². The number of rotatable bonds is 5. The van der Waals surface area contributed by atoms with Gasteiger partial charge in [-0.2, -0.15) is 18.6 Å². The molecule has 0 aliphatic heterocycles. The van der Waals surface area contributed by atoms with E-state index in [1.165, 1.54) is 19.1 Å². The second kappa shape index (κ2) is 8.18. The van der Waals surface area contributed by atoms with E-state index in [0.29, 0.717) is 0 Å². The molecule has 2 aromatic carbocycles. The fourth-order valence-electron chi connectivity index (χ4n) is 2.44. The molecule has 31 heavy (non-hydrogen) atoms. The van der Waals surface area contributed by atoms with Crippen molar-refractivity contribution in [3.05, 3.63) is 52.1 Å². The number of aryl methyl sites for hydroxylation is 1. The minimum Gasteiger partial charge on any atom is -0.857 e. The van der Waals surface area contributed by atoms with Gasteiger partial charge in [0, 0.05) is 5.88 Å². The molecule has 3 aromatic rings. The van der Waals surface area contributed by atoms with Crippen molar-refractivity contribution < 1.29 is 31.0 Å². The lowest BCUT2D eigenvalue weighted by Crippen LogP contribution is -2.06. The highest BCUT2D eigenvalue weighted by molar-refractivity contribution is 7.86. The zero-order valence-electron chi connectivity index (χ0n) is 15.2. The Morgan fingerprint density at radius 1 is 1.03 bits per heavy atom. The van der Waals surface area contributed by atoms with E-state index in [0.717, 1.165) is 28.9 Å². The van der Waals surface area contributed by atoms with Gasteiger partial charge in [0.1, 0.15) is 20.7 Å². The van der Waals surface area contributed by atoms with Crippen LogP contribution < -0.4 is 5.11 Å². The Morgan fingerprint density at radius 3 is 2.19 bits per heavy atom. The van der Waals surface area contributed by atoms with Gasteiger partial charge < -0.3 is 9.66 Å². The zero-order chi connectivity index (χ0) is 23.1. The molecule has 0 fully saturated rings. The largest absolute Gasteiger partial charge is 0.857 e. The van der Waals surface area contributed by atoms with Gasteiger partial charge in [0.2, 0.25) is 0 Å². The molecule has 15 heteroatoms. The van der Waals surface area contributed by atoms with Gasteiger partial charge in [-0.15, -0.1) is 5.11 Å². The fourth-order valence-corrected chi connectivity index (χ4v) is 4.24. The van der Waals surface area contributed by atoms with Crippen LogP contribution in [0.2, 0.25) is 10.0 Å². The number of hydrogen-bond donors (Lipinski definition) is 1. The molecule has 164 valence electrons. The molecule has 0 radical (unpaired) electrons. The van der Waals surface area contributed by atoms with E-state index in [9.17, 15) is 26.5 Å². The molecule has 1 heterocycles. The lowest BCUT2D eigenvalue weighted by atomic mass is 10.3. The molecular weight excluding hydrogens is 495 g/mol. The van der Waals surface area contributed by atoms with Crippen LogP contribution in [0.3, 0.4) is 0 Å². The molecule has 11 nitrogen and oxygen atoms in total. The molecule has 0 aliphatic rings. The van der Waals surface area contributed by atoms with Gasteiger partial charge in [0.05, 0.1) is 32.0 Å². The number of aromatic nitrogens is 2. The third kappa shape index (κ3) is 4.87. The summed E-state index contributed by atoms with van der Waals surface area (Å²) >= 11 is 11.9. The number of azo groups is 1. The van der Waals surface area contributed by atoms with E-state index in [2.05, 4.69) is 15.3 Å². The van der Waals surface area contributed by atoms with Crippen molar-refractivity contribution in [2.75, 3.05) is 0 Å². The van der Waals surface area contributed by atoms with E-state index >= 15 is 0 Å². The summed E-state index contributed by atoms with van der Waals surface area (Å²) in [6.07, 6.45) is 0. The highest BCUT2D eigenvalue weighted by atomic mass is 35.5. The van der Waals surface area contributed by atoms with Crippen molar-refractivity contribution in [3.63, 3.8) is 0 Å². The predicted octanol–water partition coefficient (Wildman–Crippen LogP) is 3.13. The molecule has 0 bridgehead atoms. The van der Waals surface area contributed by atoms with Crippen LogP contribution in [-0.4, -0.2) is 35.7 Å². The van der Waals surface area contributed by atoms with Crippen LogP contribution in [0.1, 0.15) is 5.69 Å². The number of nitrogens with zero attached hydrogens (tertiary/aromatic N) is 4. The van der Waals surface area contributed by atoms with Crippen molar-refractivity contribution in [1.29, 1.82) is 0 Å². The number of benzene rings is 2. The van der Waals surface area contributed by atoms with E-state index in [1.807, 2.05) is 0 Å². The van der Waals surface area contributed by atoms with E-state index < -0.39 is 35.9 Å². The SMILES string of the molecule is Cc1nn(-c2cc(Cl)c(S(=O)(=O)O)cc2Cl)c([O-])c1N=Nc1ccc(S(=O)(=O)[O-])cc1. The maximum absolute atomic E-state index is 12.7. The average molecular weight is 505 g/mol. The summed E-state index contributed by atoms with van der Waals surface area (Å²) in [5.74, 6) is -0.752. The van der Waals surface area contributed by atoms with Crippen molar-refractivity contribution >= 4 is 54.8 Å². The Balaban J connectivity index is 2.00. The third-order valence-corrected chi connectivity index (χ3v) is 6.36. The van der Waals surface area contributed by atoms with Gasteiger partial charge in [-0.05, 0) is 43.3 Å². The monoisotopic (exact) mass is 504 g/mol. The average Bonchev–Trinajstić information content (AvgIpc) is 2.94. The molecule has 0 saturated carbocycles. The first kappa shape index (κ1) is 23.1. The Labute approximate surface area is 186 Å². The lowest BCUT2D eigenvalue weighted by Gasteiger charge is -2.14. The maximum Gasteiger partial charge on any atom is 0.296 e. The van der Waals surface area contributed by atoms with Crippen molar-refractivity contribution in [2.45, 2.75) is 16.7 Å². The third-order valence-electron chi connectivity index (χ3n) is 3.89. The van der Waals surface area contributed by atoms with Gasteiger partial charge in [0.25, 0.3) is 10.1 Å². The van der Waals surface area contributed by atoms with Crippen molar-refractivity contribution in [2.24, 2.45) is 10.2 Å². The number of hydrogen-bond acceptors (Lipinski definition) is 9. The van der Waals surface area contributed by atoms with Gasteiger partial charge in [-0.3, -0.25) is 4.55 Å². The van der Waals surface area contributed by atoms with Crippen LogP contribution in [0.15, 0.2) is 56.4 Å². The van der Waals surface area contributed by atoms with Crippen LogP contribution in [-0.2, 0) is 20.2 Å². The van der Waals surface area contributed by atoms with Crippen LogP contribution >= 0.6 is 23.2 Å². The molecule has 0 aliphatic carbocycles. The topological polar surface area (TPSA) is 177 Å². The lowest BCUT2D eigenvalue weighted by molar-refractivity contribution is -0.276. The smallest absolute Gasteiger partial charge is 0.296 e. The van der Waals surface area contributed by atoms with Gasteiger partial charge in [0.15, 0.2) is 0 Å². The maximum atomic E-state index is 12.7. The Morgan fingerprint density at radius 2 is 1.65 bits per heavy atom. The number of halogens is 2.